The van der Waals surface area contributed by atoms with Crippen LogP contribution in [-0.4, -0.2) is 15.8 Å². The molecule has 408 valence electrons. The molecule has 13 aromatic carbocycles. The molecule has 0 spiro atoms. The van der Waals surface area contributed by atoms with Gasteiger partial charge in [0.2, 0.25) is 0 Å². The molecular formula is C80H60BN5. The largest absolute Gasteiger partial charge is 0.315 e. The number of fused-ring (bicyclic) bond motifs is 8. The van der Waals surface area contributed by atoms with E-state index >= 15 is 0 Å². The summed E-state index contributed by atoms with van der Waals surface area (Å²) in [7, 11) is 0. The molecule has 15 aromatic rings. The fourth-order valence-electron chi connectivity index (χ4n) is 15.1. The minimum absolute atomic E-state index is 0.0974. The average Bonchev–Trinajstić information content (AvgIpc) is 1.37. The molecule has 0 aliphatic carbocycles. The quantitative estimate of drug-likeness (QED) is 0.134. The van der Waals surface area contributed by atoms with E-state index in [0.29, 0.717) is 0 Å². The molecule has 0 bridgehead atoms. The Morgan fingerprint density at radius 1 is 0.267 bits per heavy atom. The van der Waals surface area contributed by atoms with Gasteiger partial charge in [-0.2, -0.15) is 0 Å². The fraction of sp³-hybridized carbons (Fsp3) is 0.0750. The lowest BCUT2D eigenvalue weighted by Gasteiger charge is -2.37. The molecule has 86 heavy (non-hydrogen) atoms. The summed E-state index contributed by atoms with van der Waals surface area (Å²) in [5.41, 5.74) is 26.3. The van der Waals surface area contributed by atoms with Gasteiger partial charge in [0.1, 0.15) is 0 Å². The number of rotatable bonds is 9. The second-order valence-corrected chi connectivity index (χ2v) is 24.0. The summed E-state index contributed by atoms with van der Waals surface area (Å²) in [5.74, 6) is 0. The maximum atomic E-state index is 2.60. The standard InChI is InChI=1S/C80H60BN5/c1-49-33-37-70(64-31-19-17-29-62(49)64)85(71-38-34-50(2)63-30-18-20-32-65(63)71)72-39-35-68-79-66(72)43-53(5)82(79)76-47-61(84(59-25-9-7-10-26-59)60-27-11-8-12-28-60)48-77-78(76)81(68)69-36-40-73(67-44-54(6)83(77)80(67)69)86(74-45-57-23-15-13-21-55(57)41-51(74)3)75-46-58-24-16-14-22-56(58)42-52(75)4/h7-48H,1-6H3. The molecule has 2 aliphatic rings. The van der Waals surface area contributed by atoms with E-state index in [1.54, 1.807) is 0 Å². The number of nitrogens with zero attached hydrogens (tertiary/aromatic N) is 5. The highest BCUT2D eigenvalue weighted by atomic mass is 15.2. The molecule has 0 atom stereocenters. The fourth-order valence-corrected chi connectivity index (χ4v) is 15.1. The predicted molar refractivity (Wildman–Crippen MR) is 367 cm³/mol. The van der Waals surface area contributed by atoms with Crippen LogP contribution in [-0.2, 0) is 0 Å². The van der Waals surface area contributed by atoms with Gasteiger partial charge in [-0.25, -0.2) is 0 Å². The van der Waals surface area contributed by atoms with E-state index in [9.17, 15) is 0 Å². The summed E-state index contributed by atoms with van der Waals surface area (Å²) in [6, 6.07) is 95.7. The highest BCUT2D eigenvalue weighted by Gasteiger charge is 2.42. The lowest BCUT2D eigenvalue weighted by atomic mass is 9.34. The van der Waals surface area contributed by atoms with Gasteiger partial charge in [0.25, 0.3) is 6.71 Å². The van der Waals surface area contributed by atoms with Gasteiger partial charge >= 0.3 is 0 Å². The van der Waals surface area contributed by atoms with Crippen molar-refractivity contribution < 1.29 is 0 Å². The van der Waals surface area contributed by atoms with Crippen LogP contribution in [0.1, 0.15) is 33.6 Å². The Balaban J connectivity index is 0.976. The van der Waals surface area contributed by atoms with E-state index in [4.69, 9.17) is 0 Å². The molecule has 0 N–H and O–H groups in total. The predicted octanol–water partition coefficient (Wildman–Crippen LogP) is 19.6. The Kier molecular flexibility index (Phi) is 11.0. The van der Waals surface area contributed by atoms with Crippen molar-refractivity contribution in [2.24, 2.45) is 0 Å². The van der Waals surface area contributed by atoms with Crippen molar-refractivity contribution in [1.82, 2.24) is 9.13 Å². The van der Waals surface area contributed by atoms with Crippen LogP contribution in [0.5, 0.6) is 0 Å². The maximum absolute atomic E-state index is 2.60. The van der Waals surface area contributed by atoms with E-state index in [0.717, 1.165) is 39.8 Å². The summed E-state index contributed by atoms with van der Waals surface area (Å²) < 4.78 is 5.20. The molecule has 0 saturated carbocycles. The van der Waals surface area contributed by atoms with Gasteiger partial charge in [-0.3, -0.25) is 0 Å². The van der Waals surface area contributed by atoms with Crippen LogP contribution >= 0.6 is 0 Å². The lowest BCUT2D eigenvalue weighted by Crippen LogP contribution is -2.59. The van der Waals surface area contributed by atoms with E-state index in [1.165, 1.54) is 138 Å². The van der Waals surface area contributed by atoms with Crippen LogP contribution in [0.3, 0.4) is 0 Å². The molecule has 0 amide bonds. The summed E-state index contributed by atoms with van der Waals surface area (Å²) in [4.78, 5) is 7.57. The molecule has 6 heteroatoms. The molecule has 0 fully saturated rings. The van der Waals surface area contributed by atoms with E-state index < -0.39 is 0 Å². The van der Waals surface area contributed by atoms with Crippen molar-refractivity contribution in [2.75, 3.05) is 14.7 Å². The Hall–Kier alpha value is -10.6. The molecule has 2 aromatic heterocycles. The van der Waals surface area contributed by atoms with Gasteiger partial charge in [0.15, 0.2) is 0 Å². The zero-order valence-corrected chi connectivity index (χ0v) is 49.1. The molecule has 0 radical (unpaired) electrons. The first kappa shape index (κ1) is 50.0. The maximum Gasteiger partial charge on any atom is 0.252 e. The third-order valence-corrected chi connectivity index (χ3v) is 18.9. The van der Waals surface area contributed by atoms with Crippen molar-refractivity contribution in [3.05, 3.63) is 288 Å². The first-order valence-corrected chi connectivity index (χ1v) is 30.1. The van der Waals surface area contributed by atoms with Crippen LogP contribution in [0.4, 0.5) is 51.2 Å². The summed E-state index contributed by atoms with van der Waals surface area (Å²) >= 11 is 0. The Morgan fingerprint density at radius 2 is 0.628 bits per heavy atom. The number of hydrogen-bond donors (Lipinski definition) is 0. The zero-order valence-electron chi connectivity index (χ0n) is 49.1. The summed E-state index contributed by atoms with van der Waals surface area (Å²) in [5, 5.41) is 12.3. The number of hydrogen-bond acceptors (Lipinski definition) is 3. The van der Waals surface area contributed by atoms with Gasteiger partial charge in [-0.1, -0.05) is 158 Å². The highest BCUT2D eigenvalue weighted by molar-refractivity contribution is 7.00. The number of para-hydroxylation sites is 2. The van der Waals surface area contributed by atoms with Crippen LogP contribution in [0.15, 0.2) is 255 Å². The lowest BCUT2D eigenvalue weighted by molar-refractivity contribution is 1.02. The van der Waals surface area contributed by atoms with Crippen LogP contribution in [0.2, 0.25) is 0 Å². The van der Waals surface area contributed by atoms with Crippen LogP contribution in [0.25, 0.3) is 76.3 Å². The monoisotopic (exact) mass is 1100 g/mol. The topological polar surface area (TPSA) is 19.6 Å². The number of aryl methyl sites for hydroxylation is 6. The van der Waals surface area contributed by atoms with Crippen LogP contribution < -0.4 is 31.1 Å². The van der Waals surface area contributed by atoms with Gasteiger partial charge in [-0.05, 0) is 210 Å². The van der Waals surface area contributed by atoms with Crippen molar-refractivity contribution in [1.29, 1.82) is 0 Å². The van der Waals surface area contributed by atoms with Gasteiger partial charge in [-0.15, -0.1) is 0 Å². The molecule has 0 saturated heterocycles. The number of benzene rings is 13. The minimum atomic E-state index is -0.0974. The van der Waals surface area contributed by atoms with Gasteiger partial charge in [0.05, 0.1) is 39.5 Å². The SMILES string of the molecule is Cc1cc2ccccc2cc1N(c1cc2ccccc2cc1C)c1ccc2c3c1cc(C)n3-c1cc(N(c3ccccc3)c3ccccc3)cc3c1B2c1ccc(N(c2ccc(C)c4ccccc24)c2ccc(C)c4ccccc24)c2cc(C)n-3c12. The Labute approximate surface area is 501 Å². The van der Waals surface area contributed by atoms with Crippen molar-refractivity contribution in [3.8, 4) is 11.4 Å². The highest BCUT2D eigenvalue weighted by Crippen LogP contribution is 2.50. The third-order valence-electron chi connectivity index (χ3n) is 18.9. The molecule has 2 aliphatic heterocycles. The van der Waals surface area contributed by atoms with E-state index in [1.807, 2.05) is 0 Å². The second-order valence-electron chi connectivity index (χ2n) is 24.0. The number of anilines is 9. The molecule has 4 heterocycles. The summed E-state index contributed by atoms with van der Waals surface area (Å²) in [6.07, 6.45) is 0. The van der Waals surface area contributed by atoms with E-state index in [2.05, 4.69) is 320 Å². The normalized spacial score (nSPS) is 12.3. The molecule has 0 unspecified atom stereocenters. The molecular weight excluding hydrogens is 1040 g/mol. The second kappa shape index (κ2) is 19.0. The number of aromatic nitrogens is 2. The van der Waals surface area contributed by atoms with Gasteiger partial charge < -0.3 is 23.8 Å². The van der Waals surface area contributed by atoms with Crippen molar-refractivity contribution >= 4 is 139 Å². The smallest absolute Gasteiger partial charge is 0.252 e. The van der Waals surface area contributed by atoms with Crippen LogP contribution in [0, 0.1) is 41.5 Å². The Bertz CT molecular complexity index is 5130. The van der Waals surface area contributed by atoms with E-state index in [-0.39, 0.29) is 6.71 Å². The van der Waals surface area contributed by atoms with Crippen molar-refractivity contribution in [3.63, 3.8) is 0 Å². The zero-order chi connectivity index (χ0) is 57.6. The average molecular weight is 1100 g/mol. The molecule has 17 rings (SSSR count). The van der Waals surface area contributed by atoms with Crippen molar-refractivity contribution in [2.45, 2.75) is 41.5 Å². The first-order chi connectivity index (χ1) is 42.2. The summed E-state index contributed by atoms with van der Waals surface area (Å²) in [6.45, 7) is 13.5. The third kappa shape index (κ3) is 7.32. The molecule has 5 nitrogen and oxygen atoms in total. The first-order valence-electron chi connectivity index (χ1n) is 30.1. The van der Waals surface area contributed by atoms with Gasteiger partial charge in [0, 0.05) is 67.1 Å². The Morgan fingerprint density at radius 3 is 1.07 bits per heavy atom. The minimum Gasteiger partial charge on any atom is -0.315 e.